The number of guanidine groups is 1. The second kappa shape index (κ2) is 10.4. The summed E-state index contributed by atoms with van der Waals surface area (Å²) in [6.07, 6.45) is 3.37. The Kier molecular flexibility index (Phi) is 8.53. The molecule has 0 spiro atoms. The predicted molar refractivity (Wildman–Crippen MR) is 117 cm³/mol. The highest BCUT2D eigenvalue weighted by Crippen LogP contribution is 2.24. The van der Waals surface area contributed by atoms with Crippen LogP contribution in [0, 0.1) is 11.6 Å². The first-order valence-electron chi connectivity index (χ1n) is 9.52. The summed E-state index contributed by atoms with van der Waals surface area (Å²) in [5.74, 6) is -0.258. The minimum atomic E-state index is -0.544. The van der Waals surface area contributed by atoms with Crippen molar-refractivity contribution in [3.63, 3.8) is 0 Å². The average Bonchev–Trinajstić information content (AvgIpc) is 3.27. The van der Waals surface area contributed by atoms with E-state index in [-0.39, 0.29) is 30.0 Å². The van der Waals surface area contributed by atoms with Crippen LogP contribution in [0.5, 0.6) is 0 Å². The number of hydrogen-bond acceptors (Lipinski definition) is 3. The summed E-state index contributed by atoms with van der Waals surface area (Å²) in [4.78, 5) is 8.77. The highest BCUT2D eigenvalue weighted by Gasteiger charge is 2.26. The van der Waals surface area contributed by atoms with Gasteiger partial charge in [0.1, 0.15) is 11.6 Å². The molecule has 2 atom stereocenters. The molecular weight excluding hydrogens is 463 g/mol. The van der Waals surface area contributed by atoms with Crippen LogP contribution < -0.4 is 15.5 Å². The molecule has 0 aromatic heterocycles. The number of hydrogen-bond donors (Lipinski definition) is 2. The molecular formula is C19H30F2IN5. The quantitative estimate of drug-likeness (QED) is 0.376. The number of aliphatic imine (C=N–C) groups is 1. The van der Waals surface area contributed by atoms with Crippen LogP contribution in [0.15, 0.2) is 23.2 Å². The van der Waals surface area contributed by atoms with Gasteiger partial charge in [0.05, 0.1) is 5.69 Å². The fourth-order valence-electron chi connectivity index (χ4n) is 3.98. The van der Waals surface area contributed by atoms with Crippen LogP contribution in [0.25, 0.3) is 0 Å². The van der Waals surface area contributed by atoms with Crippen molar-refractivity contribution in [3.05, 3.63) is 29.8 Å². The van der Waals surface area contributed by atoms with Crippen molar-refractivity contribution >= 4 is 35.6 Å². The first kappa shape index (κ1) is 22.1. The van der Waals surface area contributed by atoms with Gasteiger partial charge in [0, 0.05) is 44.8 Å². The molecule has 0 amide bonds. The Bertz CT molecular complexity index is 643. The van der Waals surface area contributed by atoms with Crippen molar-refractivity contribution in [1.82, 2.24) is 15.5 Å². The first-order valence-corrected chi connectivity index (χ1v) is 9.52. The highest BCUT2D eigenvalue weighted by atomic mass is 127. The Morgan fingerprint density at radius 3 is 2.78 bits per heavy atom. The molecule has 2 saturated heterocycles. The van der Waals surface area contributed by atoms with Crippen molar-refractivity contribution in [2.45, 2.75) is 38.3 Å². The summed E-state index contributed by atoms with van der Waals surface area (Å²) in [6, 6.07) is 4.52. The number of nitrogens with zero attached hydrogens (tertiary/aromatic N) is 3. The molecule has 0 aliphatic carbocycles. The molecule has 1 aromatic rings. The van der Waals surface area contributed by atoms with E-state index >= 15 is 0 Å². The molecule has 2 N–H and O–H groups in total. The van der Waals surface area contributed by atoms with Crippen molar-refractivity contribution in [2.75, 3.05) is 44.7 Å². The van der Waals surface area contributed by atoms with Gasteiger partial charge >= 0.3 is 0 Å². The lowest BCUT2D eigenvalue weighted by Crippen LogP contribution is -2.48. The van der Waals surface area contributed by atoms with Gasteiger partial charge in [-0.15, -0.1) is 24.0 Å². The van der Waals surface area contributed by atoms with Crippen LogP contribution in [0.1, 0.15) is 26.2 Å². The maximum atomic E-state index is 14.0. The zero-order valence-electron chi connectivity index (χ0n) is 16.0. The largest absolute Gasteiger partial charge is 0.367 e. The molecule has 2 aliphatic heterocycles. The smallest absolute Gasteiger partial charge is 0.191 e. The summed E-state index contributed by atoms with van der Waals surface area (Å²) in [7, 11) is 1.77. The number of likely N-dealkylation sites (N-methyl/N-ethyl adjacent to an activating group) is 1. The van der Waals surface area contributed by atoms with E-state index < -0.39 is 11.6 Å². The fraction of sp³-hybridized carbons (Fsp3) is 0.632. The monoisotopic (exact) mass is 493 g/mol. The Labute approximate surface area is 177 Å². The Morgan fingerprint density at radius 2 is 2.07 bits per heavy atom. The van der Waals surface area contributed by atoms with Gasteiger partial charge in [-0.25, -0.2) is 8.78 Å². The minimum absolute atomic E-state index is 0. The first-order chi connectivity index (χ1) is 12.6. The van der Waals surface area contributed by atoms with Crippen LogP contribution >= 0.6 is 24.0 Å². The summed E-state index contributed by atoms with van der Waals surface area (Å²) < 4.78 is 27.1. The van der Waals surface area contributed by atoms with Crippen molar-refractivity contribution in [3.8, 4) is 0 Å². The number of anilines is 1. The molecule has 0 saturated carbocycles. The minimum Gasteiger partial charge on any atom is -0.367 e. The van der Waals surface area contributed by atoms with Crippen molar-refractivity contribution in [1.29, 1.82) is 0 Å². The SMILES string of the molecule is CCN1CCCC1CNC(=NC)NC1CCN(c2ccc(F)cc2F)C1.I. The Hall–Kier alpha value is -1.16. The van der Waals surface area contributed by atoms with Crippen LogP contribution in [0.3, 0.4) is 0 Å². The number of rotatable bonds is 5. The number of benzene rings is 1. The lowest BCUT2D eigenvalue weighted by molar-refractivity contribution is 0.267. The van der Waals surface area contributed by atoms with Gasteiger partial charge < -0.3 is 15.5 Å². The summed E-state index contributed by atoms with van der Waals surface area (Å²) in [6.45, 7) is 6.76. The van der Waals surface area contributed by atoms with Crippen molar-refractivity contribution < 1.29 is 8.78 Å². The van der Waals surface area contributed by atoms with Gasteiger partial charge in [-0.05, 0) is 44.5 Å². The normalized spacial score (nSPS) is 23.4. The molecule has 27 heavy (non-hydrogen) atoms. The van der Waals surface area contributed by atoms with Gasteiger partial charge in [0.15, 0.2) is 5.96 Å². The molecule has 1 aromatic carbocycles. The summed E-state index contributed by atoms with van der Waals surface area (Å²) >= 11 is 0. The van der Waals surface area contributed by atoms with Gasteiger partial charge in [-0.1, -0.05) is 6.92 Å². The third kappa shape index (κ3) is 5.66. The van der Waals surface area contributed by atoms with E-state index in [9.17, 15) is 8.78 Å². The lowest BCUT2D eigenvalue weighted by Gasteiger charge is -2.25. The highest BCUT2D eigenvalue weighted by molar-refractivity contribution is 14.0. The van der Waals surface area contributed by atoms with Crippen molar-refractivity contribution in [2.24, 2.45) is 4.99 Å². The van der Waals surface area contributed by atoms with E-state index in [0.717, 1.165) is 38.1 Å². The van der Waals surface area contributed by atoms with E-state index in [2.05, 4.69) is 27.4 Å². The van der Waals surface area contributed by atoms with Crippen LogP contribution in [0.2, 0.25) is 0 Å². The molecule has 3 rings (SSSR count). The average molecular weight is 493 g/mol. The van der Waals surface area contributed by atoms with E-state index in [1.54, 1.807) is 7.05 Å². The topological polar surface area (TPSA) is 42.9 Å². The molecule has 2 aliphatic rings. The molecule has 2 unspecified atom stereocenters. The van der Waals surface area contributed by atoms with Gasteiger partial charge in [0.25, 0.3) is 0 Å². The van der Waals surface area contributed by atoms with E-state index in [1.807, 2.05) is 4.90 Å². The molecule has 8 heteroatoms. The molecule has 152 valence electrons. The van der Waals surface area contributed by atoms with Crippen LogP contribution in [0.4, 0.5) is 14.5 Å². The number of likely N-dealkylation sites (tertiary alicyclic amines) is 1. The zero-order chi connectivity index (χ0) is 18.5. The molecule has 0 bridgehead atoms. The van der Waals surface area contributed by atoms with E-state index in [0.29, 0.717) is 18.3 Å². The summed E-state index contributed by atoms with van der Waals surface area (Å²) in [5, 5.41) is 6.87. The maximum absolute atomic E-state index is 14.0. The fourth-order valence-corrected chi connectivity index (χ4v) is 3.98. The maximum Gasteiger partial charge on any atom is 0.191 e. The molecule has 0 radical (unpaired) electrons. The van der Waals surface area contributed by atoms with Gasteiger partial charge in [-0.3, -0.25) is 9.89 Å². The number of halogens is 3. The molecule has 2 fully saturated rings. The van der Waals surface area contributed by atoms with E-state index in [4.69, 9.17) is 0 Å². The number of nitrogens with one attached hydrogen (secondary N) is 2. The Morgan fingerprint density at radius 1 is 1.26 bits per heavy atom. The predicted octanol–water partition coefficient (Wildman–Crippen LogP) is 2.81. The van der Waals surface area contributed by atoms with Crippen LogP contribution in [-0.2, 0) is 0 Å². The third-order valence-electron chi connectivity index (χ3n) is 5.41. The zero-order valence-corrected chi connectivity index (χ0v) is 18.4. The van der Waals surface area contributed by atoms with Gasteiger partial charge in [0.2, 0.25) is 0 Å². The Balaban J connectivity index is 0.00000261. The van der Waals surface area contributed by atoms with Crippen LogP contribution in [-0.4, -0.2) is 62.7 Å². The molecule has 2 heterocycles. The standard InChI is InChI=1S/C19H29F2N5.HI/c1-3-25-9-4-5-16(25)12-23-19(22-2)24-15-8-10-26(13-15)18-7-6-14(20)11-17(18)21;/h6-7,11,15-16H,3-5,8-10,12-13H2,1-2H3,(H2,22,23,24);1H. The third-order valence-corrected chi connectivity index (χ3v) is 5.41. The second-order valence-electron chi connectivity index (χ2n) is 7.05. The van der Waals surface area contributed by atoms with E-state index in [1.165, 1.54) is 31.5 Å². The van der Waals surface area contributed by atoms with Gasteiger partial charge in [-0.2, -0.15) is 0 Å². The second-order valence-corrected chi connectivity index (χ2v) is 7.05. The molecule has 5 nitrogen and oxygen atoms in total. The summed E-state index contributed by atoms with van der Waals surface area (Å²) in [5.41, 5.74) is 0.461. The lowest BCUT2D eigenvalue weighted by atomic mass is 10.2.